The van der Waals surface area contributed by atoms with Gasteiger partial charge in [0.05, 0.1) is 5.56 Å². The summed E-state index contributed by atoms with van der Waals surface area (Å²) in [5, 5.41) is 2.97. The van der Waals surface area contributed by atoms with E-state index in [2.05, 4.69) is 10.3 Å². The maximum atomic E-state index is 12.0. The predicted octanol–water partition coefficient (Wildman–Crippen LogP) is 1.63. The number of aromatic nitrogens is 1. The van der Waals surface area contributed by atoms with Crippen molar-refractivity contribution in [3.8, 4) is 0 Å². The highest BCUT2D eigenvalue weighted by Gasteiger charge is 2.21. The average Bonchev–Trinajstić information content (AvgIpc) is 2.32. The predicted molar refractivity (Wildman–Crippen MR) is 63.7 cm³/mol. The lowest BCUT2D eigenvalue weighted by atomic mass is 9.94. The molecule has 0 unspecified atom stereocenters. The van der Waals surface area contributed by atoms with E-state index in [-0.39, 0.29) is 11.9 Å². The standard InChI is InChI=1S/C13H16N2O2/c1-9-12(3-2-8-14-9)13(17)15-10-4-6-11(16)7-5-10/h2-3,8,10H,4-7H2,1H3,(H,15,17). The van der Waals surface area contributed by atoms with E-state index in [1.165, 1.54) is 0 Å². The Kier molecular flexibility index (Phi) is 3.52. The van der Waals surface area contributed by atoms with Crippen LogP contribution in [0.2, 0.25) is 0 Å². The van der Waals surface area contributed by atoms with Crippen LogP contribution < -0.4 is 5.32 Å². The van der Waals surface area contributed by atoms with E-state index in [0.717, 1.165) is 18.5 Å². The number of hydrogen-bond acceptors (Lipinski definition) is 3. The second-order valence-electron chi connectivity index (χ2n) is 4.42. The zero-order valence-corrected chi connectivity index (χ0v) is 9.90. The molecule has 4 nitrogen and oxygen atoms in total. The Labute approximate surface area is 100 Å². The molecule has 0 atom stereocenters. The normalized spacial score (nSPS) is 16.9. The van der Waals surface area contributed by atoms with Crippen LogP contribution in [0.5, 0.6) is 0 Å². The van der Waals surface area contributed by atoms with Crippen molar-refractivity contribution in [3.05, 3.63) is 29.6 Å². The molecular weight excluding hydrogens is 216 g/mol. The van der Waals surface area contributed by atoms with Crippen molar-refractivity contribution in [2.24, 2.45) is 0 Å². The van der Waals surface area contributed by atoms with Crippen LogP contribution >= 0.6 is 0 Å². The first-order valence-corrected chi connectivity index (χ1v) is 5.91. The molecule has 0 saturated heterocycles. The second-order valence-corrected chi connectivity index (χ2v) is 4.42. The van der Waals surface area contributed by atoms with Gasteiger partial charge in [0.2, 0.25) is 0 Å². The minimum Gasteiger partial charge on any atom is -0.349 e. The highest BCUT2D eigenvalue weighted by molar-refractivity contribution is 5.95. The molecule has 2 rings (SSSR count). The number of nitrogens with one attached hydrogen (secondary N) is 1. The van der Waals surface area contributed by atoms with E-state index >= 15 is 0 Å². The number of rotatable bonds is 2. The highest BCUT2D eigenvalue weighted by Crippen LogP contribution is 2.15. The number of amides is 1. The van der Waals surface area contributed by atoms with Gasteiger partial charge in [0.15, 0.2) is 0 Å². The molecule has 1 aromatic rings. The van der Waals surface area contributed by atoms with Crippen LogP contribution in [0.3, 0.4) is 0 Å². The molecule has 0 aromatic carbocycles. The Morgan fingerprint density at radius 3 is 2.76 bits per heavy atom. The second kappa shape index (κ2) is 5.08. The number of hydrogen-bond donors (Lipinski definition) is 1. The molecule has 1 fully saturated rings. The van der Waals surface area contributed by atoms with Crippen LogP contribution in [-0.2, 0) is 4.79 Å². The van der Waals surface area contributed by atoms with Gasteiger partial charge in [-0.2, -0.15) is 0 Å². The van der Waals surface area contributed by atoms with E-state index in [4.69, 9.17) is 0 Å². The lowest BCUT2D eigenvalue weighted by molar-refractivity contribution is -0.120. The van der Waals surface area contributed by atoms with Crippen molar-refractivity contribution >= 4 is 11.7 Å². The Morgan fingerprint density at radius 1 is 1.41 bits per heavy atom. The summed E-state index contributed by atoms with van der Waals surface area (Å²) in [6.45, 7) is 1.82. The van der Waals surface area contributed by atoms with E-state index in [9.17, 15) is 9.59 Å². The summed E-state index contributed by atoms with van der Waals surface area (Å²) < 4.78 is 0. The maximum Gasteiger partial charge on any atom is 0.253 e. The Morgan fingerprint density at radius 2 is 2.12 bits per heavy atom. The van der Waals surface area contributed by atoms with Gasteiger partial charge in [0.25, 0.3) is 5.91 Å². The molecule has 0 spiro atoms. The average molecular weight is 232 g/mol. The van der Waals surface area contributed by atoms with Crippen molar-refractivity contribution in [1.29, 1.82) is 0 Å². The van der Waals surface area contributed by atoms with Crippen molar-refractivity contribution in [1.82, 2.24) is 10.3 Å². The fraction of sp³-hybridized carbons (Fsp3) is 0.462. The molecule has 17 heavy (non-hydrogen) atoms. The molecule has 0 bridgehead atoms. The van der Waals surface area contributed by atoms with E-state index in [1.54, 1.807) is 18.3 Å². The van der Waals surface area contributed by atoms with Crippen LogP contribution in [0, 0.1) is 6.92 Å². The molecule has 4 heteroatoms. The Hall–Kier alpha value is -1.71. The van der Waals surface area contributed by atoms with Crippen molar-refractivity contribution < 1.29 is 9.59 Å². The van der Waals surface area contributed by atoms with Gasteiger partial charge in [0, 0.05) is 30.8 Å². The Bertz CT molecular complexity index is 433. The van der Waals surface area contributed by atoms with Crippen LogP contribution in [0.15, 0.2) is 18.3 Å². The fourth-order valence-corrected chi connectivity index (χ4v) is 2.07. The summed E-state index contributed by atoms with van der Waals surface area (Å²) in [5.74, 6) is 0.211. The van der Waals surface area contributed by atoms with E-state index in [0.29, 0.717) is 24.2 Å². The number of carbonyl (C=O) groups excluding carboxylic acids is 2. The molecule has 0 aliphatic heterocycles. The first-order chi connectivity index (χ1) is 8.16. The number of carbonyl (C=O) groups is 2. The maximum absolute atomic E-state index is 12.0. The van der Waals surface area contributed by atoms with Gasteiger partial charge in [-0.3, -0.25) is 14.6 Å². The first kappa shape index (κ1) is 11.8. The van der Waals surface area contributed by atoms with Crippen molar-refractivity contribution in [2.45, 2.75) is 38.6 Å². The van der Waals surface area contributed by atoms with Crippen LogP contribution in [0.25, 0.3) is 0 Å². The van der Waals surface area contributed by atoms with E-state index < -0.39 is 0 Å². The number of pyridine rings is 1. The summed E-state index contributed by atoms with van der Waals surface area (Å²) >= 11 is 0. The number of nitrogens with zero attached hydrogens (tertiary/aromatic N) is 1. The summed E-state index contributed by atoms with van der Waals surface area (Å²) in [4.78, 5) is 27.2. The van der Waals surface area contributed by atoms with Gasteiger partial charge in [-0.15, -0.1) is 0 Å². The zero-order valence-electron chi connectivity index (χ0n) is 9.90. The molecule has 1 heterocycles. The SMILES string of the molecule is Cc1ncccc1C(=O)NC1CCC(=O)CC1. The van der Waals surface area contributed by atoms with Crippen LogP contribution in [-0.4, -0.2) is 22.7 Å². The number of aryl methyl sites for hydroxylation is 1. The minimum atomic E-state index is -0.0880. The molecular formula is C13H16N2O2. The molecule has 1 aliphatic carbocycles. The van der Waals surface area contributed by atoms with Gasteiger partial charge in [-0.25, -0.2) is 0 Å². The molecule has 0 radical (unpaired) electrons. The highest BCUT2D eigenvalue weighted by atomic mass is 16.1. The van der Waals surface area contributed by atoms with Gasteiger partial charge in [0.1, 0.15) is 5.78 Å². The van der Waals surface area contributed by atoms with Crippen molar-refractivity contribution in [2.75, 3.05) is 0 Å². The van der Waals surface area contributed by atoms with Crippen LogP contribution in [0.1, 0.15) is 41.7 Å². The molecule has 1 amide bonds. The zero-order chi connectivity index (χ0) is 12.3. The smallest absolute Gasteiger partial charge is 0.253 e. The first-order valence-electron chi connectivity index (χ1n) is 5.91. The Balaban J connectivity index is 1.98. The third-order valence-electron chi connectivity index (χ3n) is 3.13. The number of ketones is 1. The molecule has 1 aliphatic rings. The summed E-state index contributed by atoms with van der Waals surface area (Å²) in [6.07, 6.45) is 4.34. The minimum absolute atomic E-state index is 0.0880. The lowest BCUT2D eigenvalue weighted by Crippen LogP contribution is -2.38. The topological polar surface area (TPSA) is 59.1 Å². The third-order valence-corrected chi connectivity index (χ3v) is 3.13. The molecule has 1 saturated carbocycles. The molecule has 1 aromatic heterocycles. The summed E-state index contributed by atoms with van der Waals surface area (Å²) in [6, 6.07) is 3.65. The monoisotopic (exact) mass is 232 g/mol. The van der Waals surface area contributed by atoms with Crippen LogP contribution in [0.4, 0.5) is 0 Å². The number of Topliss-reactive ketones (excluding diaryl/α,β-unsaturated/α-hetero) is 1. The molecule has 1 N–H and O–H groups in total. The van der Waals surface area contributed by atoms with E-state index in [1.807, 2.05) is 6.92 Å². The lowest BCUT2D eigenvalue weighted by Gasteiger charge is -2.22. The fourth-order valence-electron chi connectivity index (χ4n) is 2.07. The molecule has 90 valence electrons. The van der Waals surface area contributed by atoms with Gasteiger partial charge < -0.3 is 5.32 Å². The van der Waals surface area contributed by atoms with Gasteiger partial charge >= 0.3 is 0 Å². The third kappa shape index (κ3) is 2.90. The largest absolute Gasteiger partial charge is 0.349 e. The summed E-state index contributed by atoms with van der Waals surface area (Å²) in [5.41, 5.74) is 1.35. The summed E-state index contributed by atoms with van der Waals surface area (Å²) in [7, 11) is 0. The van der Waals surface area contributed by atoms with Crippen molar-refractivity contribution in [3.63, 3.8) is 0 Å². The van der Waals surface area contributed by atoms with Gasteiger partial charge in [-0.1, -0.05) is 0 Å². The van der Waals surface area contributed by atoms with Gasteiger partial charge in [-0.05, 0) is 31.9 Å². The quantitative estimate of drug-likeness (QED) is 0.843.